The van der Waals surface area contributed by atoms with Gasteiger partial charge in [-0.15, -0.1) is 0 Å². The number of rotatable bonds is 6. The molecule has 9 heteroatoms. The molecule has 0 amide bonds. The maximum atomic E-state index is 14.9. The Morgan fingerprint density at radius 3 is 2.73 bits per heavy atom. The van der Waals surface area contributed by atoms with Crippen LogP contribution in [0.3, 0.4) is 0 Å². The molecule has 2 aromatic carbocycles. The van der Waals surface area contributed by atoms with Crippen molar-refractivity contribution in [1.82, 2.24) is 14.5 Å². The molecule has 0 atom stereocenters. The highest BCUT2D eigenvalue weighted by molar-refractivity contribution is 5.93. The molecule has 2 aromatic heterocycles. The second kappa shape index (κ2) is 8.09. The minimum atomic E-state index is -1.34. The predicted octanol–water partition coefficient (Wildman–Crippen LogP) is 4.44. The number of carboxylic acids is 1. The van der Waals surface area contributed by atoms with Gasteiger partial charge in [0.25, 0.3) is 0 Å². The number of anilines is 2. The van der Waals surface area contributed by atoms with Crippen molar-refractivity contribution in [2.24, 2.45) is 0 Å². The van der Waals surface area contributed by atoms with E-state index in [-0.39, 0.29) is 34.4 Å². The van der Waals surface area contributed by atoms with Gasteiger partial charge in [0.2, 0.25) is 11.4 Å². The van der Waals surface area contributed by atoms with E-state index in [1.165, 1.54) is 30.6 Å². The minimum absolute atomic E-state index is 0.00521. The Labute approximate surface area is 186 Å². The first-order valence-corrected chi connectivity index (χ1v) is 10.3. The van der Waals surface area contributed by atoms with Gasteiger partial charge in [-0.25, -0.2) is 23.5 Å². The van der Waals surface area contributed by atoms with Crippen LogP contribution in [0.5, 0.6) is 0 Å². The SMILES string of the molecule is O=C(O)c1cn(C2CC2)c2cc(Nc3nccc(Cc4cccc(F)c4)n3)c(F)cc2c1=O. The highest BCUT2D eigenvalue weighted by atomic mass is 19.1. The zero-order valence-electron chi connectivity index (χ0n) is 17.3. The normalized spacial score (nSPS) is 13.3. The van der Waals surface area contributed by atoms with E-state index in [2.05, 4.69) is 15.3 Å². The molecule has 1 aliphatic rings. The lowest BCUT2D eigenvalue weighted by Crippen LogP contribution is -2.19. The van der Waals surface area contributed by atoms with Crippen LogP contribution in [0.15, 0.2) is 59.7 Å². The fourth-order valence-electron chi connectivity index (χ4n) is 3.80. The number of nitrogens with zero attached hydrogens (tertiary/aromatic N) is 3. The van der Waals surface area contributed by atoms with Gasteiger partial charge in [-0.1, -0.05) is 12.1 Å². The molecule has 0 aliphatic heterocycles. The number of benzene rings is 2. The Kier molecular flexibility index (Phi) is 5.08. The lowest BCUT2D eigenvalue weighted by atomic mass is 10.1. The van der Waals surface area contributed by atoms with Crippen LogP contribution < -0.4 is 10.7 Å². The zero-order chi connectivity index (χ0) is 23.1. The lowest BCUT2D eigenvalue weighted by Gasteiger charge is -2.14. The maximum Gasteiger partial charge on any atom is 0.341 e. The summed E-state index contributed by atoms with van der Waals surface area (Å²) in [4.78, 5) is 32.6. The third-order valence-electron chi connectivity index (χ3n) is 5.53. The van der Waals surface area contributed by atoms with E-state index in [0.29, 0.717) is 17.6 Å². The van der Waals surface area contributed by atoms with Crippen molar-refractivity contribution in [3.8, 4) is 0 Å². The minimum Gasteiger partial charge on any atom is -0.477 e. The van der Waals surface area contributed by atoms with Gasteiger partial charge in [0, 0.05) is 30.2 Å². The number of halogens is 2. The Balaban J connectivity index is 1.51. The van der Waals surface area contributed by atoms with Crippen molar-refractivity contribution in [3.05, 3.63) is 93.5 Å². The van der Waals surface area contributed by atoms with Crippen LogP contribution in [0.25, 0.3) is 10.9 Å². The highest BCUT2D eigenvalue weighted by Gasteiger charge is 2.27. The van der Waals surface area contributed by atoms with Crippen LogP contribution >= 0.6 is 0 Å². The van der Waals surface area contributed by atoms with E-state index in [1.54, 1.807) is 22.8 Å². The molecule has 166 valence electrons. The van der Waals surface area contributed by atoms with Crippen molar-refractivity contribution >= 4 is 28.5 Å². The average molecular weight is 448 g/mol. The molecule has 0 bridgehead atoms. The van der Waals surface area contributed by atoms with Crippen molar-refractivity contribution in [3.63, 3.8) is 0 Å². The van der Waals surface area contributed by atoms with Gasteiger partial charge in [0.1, 0.15) is 17.2 Å². The molecule has 5 rings (SSSR count). The van der Waals surface area contributed by atoms with Crippen LogP contribution in [0.4, 0.5) is 20.4 Å². The molecule has 33 heavy (non-hydrogen) atoms. The Bertz CT molecular complexity index is 1460. The molecule has 0 unspecified atom stereocenters. The van der Waals surface area contributed by atoms with Gasteiger partial charge in [-0.05, 0) is 48.7 Å². The highest BCUT2D eigenvalue weighted by Crippen LogP contribution is 2.38. The fraction of sp³-hybridized carbons (Fsp3) is 0.167. The van der Waals surface area contributed by atoms with Gasteiger partial charge < -0.3 is 15.0 Å². The summed E-state index contributed by atoms with van der Waals surface area (Å²) in [6, 6.07) is 10.4. The smallest absolute Gasteiger partial charge is 0.341 e. The Morgan fingerprint density at radius 1 is 1.18 bits per heavy atom. The summed E-state index contributed by atoms with van der Waals surface area (Å²) in [7, 11) is 0. The zero-order valence-corrected chi connectivity index (χ0v) is 17.3. The van der Waals surface area contributed by atoms with Crippen LogP contribution in [0, 0.1) is 11.6 Å². The molecule has 4 aromatic rings. The summed E-state index contributed by atoms with van der Waals surface area (Å²) >= 11 is 0. The number of pyridine rings is 1. The quantitative estimate of drug-likeness (QED) is 0.453. The second-order valence-electron chi connectivity index (χ2n) is 7.97. The maximum absolute atomic E-state index is 14.9. The molecule has 1 saturated carbocycles. The molecule has 7 nitrogen and oxygen atoms in total. The summed E-state index contributed by atoms with van der Waals surface area (Å²) in [5, 5.41) is 12.2. The molecular weight excluding hydrogens is 430 g/mol. The van der Waals surface area contributed by atoms with E-state index in [1.807, 2.05) is 0 Å². The van der Waals surface area contributed by atoms with Crippen molar-refractivity contribution in [2.75, 3.05) is 5.32 Å². The predicted molar refractivity (Wildman–Crippen MR) is 118 cm³/mol. The van der Waals surface area contributed by atoms with Gasteiger partial charge in [0.05, 0.1) is 16.9 Å². The number of hydrogen-bond donors (Lipinski definition) is 2. The first kappa shape index (κ1) is 20.7. The molecule has 0 radical (unpaired) electrons. The van der Waals surface area contributed by atoms with Crippen LogP contribution in [0.2, 0.25) is 0 Å². The van der Waals surface area contributed by atoms with Crippen LogP contribution in [0.1, 0.15) is 40.5 Å². The number of hydrogen-bond acceptors (Lipinski definition) is 5. The number of aromatic nitrogens is 3. The molecule has 2 N–H and O–H groups in total. The van der Waals surface area contributed by atoms with Gasteiger partial charge in [0.15, 0.2) is 0 Å². The van der Waals surface area contributed by atoms with Gasteiger partial charge in [-0.3, -0.25) is 4.79 Å². The number of carbonyl (C=O) groups is 1. The van der Waals surface area contributed by atoms with Crippen LogP contribution in [-0.2, 0) is 6.42 Å². The summed E-state index contributed by atoms with van der Waals surface area (Å²) in [5.41, 5.74) is 0.727. The third kappa shape index (κ3) is 4.17. The largest absolute Gasteiger partial charge is 0.477 e. The summed E-state index contributed by atoms with van der Waals surface area (Å²) in [5.74, 6) is -2.28. The summed E-state index contributed by atoms with van der Waals surface area (Å²) < 4.78 is 30.1. The molecular formula is C24H18F2N4O3. The lowest BCUT2D eigenvalue weighted by molar-refractivity contribution is 0.0695. The van der Waals surface area contributed by atoms with Crippen molar-refractivity contribution in [1.29, 1.82) is 0 Å². The third-order valence-corrected chi connectivity index (χ3v) is 5.53. The number of fused-ring (bicyclic) bond motifs is 1. The number of nitrogens with one attached hydrogen (secondary N) is 1. The number of aromatic carboxylic acids is 1. The van der Waals surface area contributed by atoms with Gasteiger partial charge in [-0.2, -0.15) is 0 Å². The van der Waals surface area contributed by atoms with E-state index >= 15 is 0 Å². The van der Waals surface area contributed by atoms with Gasteiger partial charge >= 0.3 is 5.97 Å². The average Bonchev–Trinajstić information content (AvgIpc) is 3.60. The first-order valence-electron chi connectivity index (χ1n) is 10.3. The standard InChI is InChI=1S/C24H18F2N4O3/c25-14-3-1-2-13(8-14)9-15-6-7-27-24(28-15)29-20-11-21-17(10-19(20)26)22(31)18(23(32)33)12-30(21)16-4-5-16/h1-3,6-8,10-12,16H,4-5,9H2,(H,32,33)(H,27,28,29). The molecule has 1 aliphatic carbocycles. The van der Waals surface area contributed by atoms with E-state index in [4.69, 9.17) is 0 Å². The van der Waals surface area contributed by atoms with E-state index < -0.39 is 17.2 Å². The molecule has 0 spiro atoms. The number of carboxylic acid groups (broad SMARTS) is 1. The summed E-state index contributed by atoms with van der Waals surface area (Å²) in [6.45, 7) is 0. The van der Waals surface area contributed by atoms with Crippen molar-refractivity contribution in [2.45, 2.75) is 25.3 Å². The second-order valence-corrected chi connectivity index (χ2v) is 7.97. The van der Waals surface area contributed by atoms with Crippen LogP contribution in [-0.4, -0.2) is 25.6 Å². The Morgan fingerprint density at radius 2 is 2.00 bits per heavy atom. The topological polar surface area (TPSA) is 97.1 Å². The van der Waals surface area contributed by atoms with Crippen molar-refractivity contribution < 1.29 is 18.7 Å². The van der Waals surface area contributed by atoms with E-state index in [9.17, 15) is 23.5 Å². The fourth-order valence-corrected chi connectivity index (χ4v) is 3.80. The monoisotopic (exact) mass is 448 g/mol. The molecule has 2 heterocycles. The molecule has 1 fully saturated rings. The Hall–Kier alpha value is -4.14. The summed E-state index contributed by atoms with van der Waals surface area (Å²) in [6.07, 6.45) is 4.91. The van der Waals surface area contributed by atoms with E-state index in [0.717, 1.165) is 24.5 Å². The first-order chi connectivity index (χ1) is 15.9. The molecule has 0 saturated heterocycles.